The van der Waals surface area contributed by atoms with E-state index in [1.165, 1.54) is 38.8 Å². The van der Waals surface area contributed by atoms with Gasteiger partial charge in [0, 0.05) is 25.0 Å². The van der Waals surface area contributed by atoms with Crippen molar-refractivity contribution in [3.63, 3.8) is 0 Å². The van der Waals surface area contributed by atoms with Gasteiger partial charge in [-0.25, -0.2) is 0 Å². The highest BCUT2D eigenvalue weighted by Crippen LogP contribution is 2.38. The third-order valence-corrected chi connectivity index (χ3v) is 5.19. The van der Waals surface area contributed by atoms with Gasteiger partial charge in [0.25, 0.3) is 0 Å². The molecule has 3 heteroatoms. The van der Waals surface area contributed by atoms with E-state index >= 15 is 0 Å². The largest absolute Gasteiger partial charge is 0.300 e. The number of ketones is 1. The minimum Gasteiger partial charge on any atom is -0.300 e. The third-order valence-electron chi connectivity index (χ3n) is 5.19. The highest BCUT2D eigenvalue weighted by molar-refractivity contribution is 5.82. The van der Waals surface area contributed by atoms with Gasteiger partial charge >= 0.3 is 0 Å². The summed E-state index contributed by atoms with van der Waals surface area (Å²) in [5.41, 5.74) is 0.456. The Balaban J connectivity index is 1.96. The summed E-state index contributed by atoms with van der Waals surface area (Å²) >= 11 is 0. The number of nitrogens with zero attached hydrogens (tertiary/aromatic N) is 2. The zero-order valence-electron chi connectivity index (χ0n) is 13.8. The van der Waals surface area contributed by atoms with E-state index in [9.17, 15) is 4.79 Å². The molecule has 116 valence electrons. The van der Waals surface area contributed by atoms with Gasteiger partial charge in [-0.3, -0.25) is 9.69 Å². The molecule has 2 aliphatic rings. The van der Waals surface area contributed by atoms with Crippen LogP contribution in [-0.4, -0.2) is 54.3 Å². The fourth-order valence-corrected chi connectivity index (χ4v) is 3.87. The van der Waals surface area contributed by atoms with Gasteiger partial charge < -0.3 is 4.90 Å². The quantitative estimate of drug-likeness (QED) is 0.791. The summed E-state index contributed by atoms with van der Waals surface area (Å²) < 4.78 is 0. The Morgan fingerprint density at radius 1 is 1.05 bits per heavy atom. The van der Waals surface area contributed by atoms with Crippen LogP contribution in [0.2, 0.25) is 0 Å². The van der Waals surface area contributed by atoms with Crippen LogP contribution in [-0.2, 0) is 4.79 Å². The molecule has 0 unspecified atom stereocenters. The van der Waals surface area contributed by atoms with E-state index < -0.39 is 0 Å². The van der Waals surface area contributed by atoms with Crippen molar-refractivity contribution in [1.29, 1.82) is 0 Å². The molecule has 2 heterocycles. The Labute approximate surface area is 124 Å². The van der Waals surface area contributed by atoms with Gasteiger partial charge in [-0.15, -0.1) is 0 Å². The molecular weight excluding hydrogens is 248 g/mol. The van der Waals surface area contributed by atoms with Gasteiger partial charge in [0.2, 0.25) is 0 Å². The molecule has 1 atom stereocenters. The first-order valence-electron chi connectivity index (χ1n) is 8.41. The van der Waals surface area contributed by atoms with E-state index in [1.807, 2.05) is 13.8 Å². The molecule has 0 bridgehead atoms. The van der Waals surface area contributed by atoms with Crippen LogP contribution in [0, 0.1) is 11.3 Å². The lowest BCUT2D eigenvalue weighted by Gasteiger charge is -2.49. The van der Waals surface area contributed by atoms with E-state index in [1.54, 1.807) is 0 Å². The molecule has 1 spiro atoms. The van der Waals surface area contributed by atoms with Crippen molar-refractivity contribution in [3.05, 3.63) is 0 Å². The summed E-state index contributed by atoms with van der Waals surface area (Å²) in [6.07, 6.45) is 5.28. The number of likely N-dealkylation sites (tertiary alicyclic amines) is 2. The summed E-state index contributed by atoms with van der Waals surface area (Å²) in [6, 6.07) is 0.653. The van der Waals surface area contributed by atoms with Crippen LogP contribution in [0.3, 0.4) is 0 Å². The van der Waals surface area contributed by atoms with E-state index in [4.69, 9.17) is 0 Å². The molecule has 2 aliphatic heterocycles. The Bertz CT molecular complexity index is 336. The number of hydrogen-bond acceptors (Lipinski definition) is 3. The Hall–Kier alpha value is -0.410. The lowest BCUT2D eigenvalue weighted by atomic mass is 9.73. The van der Waals surface area contributed by atoms with E-state index in [0.29, 0.717) is 23.8 Å². The average Bonchev–Trinajstić information content (AvgIpc) is 2.38. The number of Topliss-reactive ketones (excluding diaryl/α,β-unsaturated/α-hetero) is 1. The fourth-order valence-electron chi connectivity index (χ4n) is 3.87. The maximum atomic E-state index is 12.0. The van der Waals surface area contributed by atoms with Crippen LogP contribution in [0.1, 0.15) is 53.4 Å². The molecular formula is C17H32N2O. The van der Waals surface area contributed by atoms with Crippen molar-refractivity contribution >= 4 is 5.78 Å². The van der Waals surface area contributed by atoms with Crippen LogP contribution in [0.15, 0.2) is 0 Å². The molecule has 0 radical (unpaired) electrons. The van der Waals surface area contributed by atoms with E-state index in [2.05, 4.69) is 23.6 Å². The van der Waals surface area contributed by atoms with Gasteiger partial charge in [-0.2, -0.15) is 0 Å². The first-order valence-corrected chi connectivity index (χ1v) is 8.41. The Kier molecular flexibility index (Phi) is 5.25. The smallest absolute Gasteiger partial charge is 0.149 e. The molecule has 0 aromatic heterocycles. The number of piperidine rings is 2. The van der Waals surface area contributed by atoms with Gasteiger partial charge in [-0.1, -0.05) is 13.8 Å². The lowest BCUT2D eigenvalue weighted by molar-refractivity contribution is -0.124. The molecule has 2 rings (SSSR count). The Morgan fingerprint density at radius 2 is 1.70 bits per heavy atom. The Morgan fingerprint density at radius 3 is 2.30 bits per heavy atom. The van der Waals surface area contributed by atoms with E-state index in [0.717, 1.165) is 13.1 Å². The number of hydrogen-bond donors (Lipinski definition) is 0. The van der Waals surface area contributed by atoms with Gasteiger partial charge in [-0.05, 0) is 58.0 Å². The summed E-state index contributed by atoms with van der Waals surface area (Å²) in [4.78, 5) is 17.1. The number of rotatable bonds is 4. The first-order chi connectivity index (χ1) is 9.42. The highest BCUT2D eigenvalue weighted by Gasteiger charge is 2.39. The second-order valence-corrected chi connectivity index (χ2v) is 7.60. The van der Waals surface area contributed by atoms with Gasteiger partial charge in [0.1, 0.15) is 5.78 Å². The first kappa shape index (κ1) is 16.0. The van der Waals surface area contributed by atoms with Crippen molar-refractivity contribution in [1.82, 2.24) is 9.80 Å². The van der Waals surface area contributed by atoms with Crippen LogP contribution < -0.4 is 0 Å². The molecule has 2 saturated heterocycles. The maximum Gasteiger partial charge on any atom is 0.149 e. The molecule has 0 N–H and O–H groups in total. The fraction of sp³-hybridized carbons (Fsp3) is 0.941. The lowest BCUT2D eigenvalue weighted by Crippen LogP contribution is -2.54. The maximum absolute atomic E-state index is 12.0. The molecule has 20 heavy (non-hydrogen) atoms. The van der Waals surface area contributed by atoms with Crippen molar-refractivity contribution in [2.24, 2.45) is 11.3 Å². The molecule has 0 aromatic carbocycles. The topological polar surface area (TPSA) is 23.6 Å². The second-order valence-electron chi connectivity index (χ2n) is 7.60. The summed E-state index contributed by atoms with van der Waals surface area (Å²) in [7, 11) is 0. The SMILES string of the molecule is CC(C)C(=O)CN1CCC[C@]2(CCCN(C(C)C)C2)C1. The van der Waals surface area contributed by atoms with Crippen LogP contribution >= 0.6 is 0 Å². The normalized spacial score (nSPS) is 29.5. The third kappa shape index (κ3) is 3.82. The average molecular weight is 280 g/mol. The number of carbonyl (C=O) groups excluding carboxylic acids is 1. The van der Waals surface area contributed by atoms with Gasteiger partial charge in [0.05, 0.1) is 6.54 Å². The van der Waals surface area contributed by atoms with Crippen LogP contribution in [0.4, 0.5) is 0 Å². The minimum atomic E-state index is 0.173. The molecule has 3 nitrogen and oxygen atoms in total. The number of carbonyl (C=O) groups is 1. The van der Waals surface area contributed by atoms with Crippen molar-refractivity contribution in [3.8, 4) is 0 Å². The monoisotopic (exact) mass is 280 g/mol. The predicted octanol–water partition coefficient (Wildman–Crippen LogP) is 2.80. The zero-order chi connectivity index (χ0) is 14.8. The molecule has 0 amide bonds. The summed E-state index contributed by atoms with van der Waals surface area (Å²) in [5.74, 6) is 0.574. The predicted molar refractivity (Wildman–Crippen MR) is 83.9 cm³/mol. The molecule has 0 aliphatic carbocycles. The van der Waals surface area contributed by atoms with Crippen molar-refractivity contribution < 1.29 is 4.79 Å². The van der Waals surface area contributed by atoms with Crippen LogP contribution in [0.5, 0.6) is 0 Å². The van der Waals surface area contributed by atoms with Crippen molar-refractivity contribution in [2.75, 3.05) is 32.7 Å². The second kappa shape index (κ2) is 6.57. The summed E-state index contributed by atoms with van der Waals surface area (Å²) in [5, 5.41) is 0. The van der Waals surface area contributed by atoms with E-state index in [-0.39, 0.29) is 5.92 Å². The molecule has 0 aromatic rings. The minimum absolute atomic E-state index is 0.173. The summed E-state index contributed by atoms with van der Waals surface area (Å²) in [6.45, 7) is 14.1. The van der Waals surface area contributed by atoms with Crippen molar-refractivity contribution in [2.45, 2.75) is 59.4 Å². The molecule has 2 fully saturated rings. The van der Waals surface area contributed by atoms with Gasteiger partial charge in [0.15, 0.2) is 0 Å². The van der Waals surface area contributed by atoms with Crippen LogP contribution in [0.25, 0.3) is 0 Å². The molecule has 0 saturated carbocycles. The highest BCUT2D eigenvalue weighted by atomic mass is 16.1. The zero-order valence-corrected chi connectivity index (χ0v) is 13.8. The standard InChI is InChI=1S/C17H32N2O/c1-14(2)16(20)11-18-9-5-7-17(12-18)8-6-10-19(13-17)15(3)4/h14-15H,5-13H2,1-4H3/t17-/m0/s1.